The summed E-state index contributed by atoms with van der Waals surface area (Å²) in [7, 11) is 0. The summed E-state index contributed by atoms with van der Waals surface area (Å²) >= 11 is 11.9. The third-order valence-electron chi connectivity index (χ3n) is 4.16. The normalized spacial score (nSPS) is 10.4. The molecule has 0 aromatic heterocycles. The number of amides is 2. The van der Waals surface area contributed by atoms with Gasteiger partial charge in [0, 0.05) is 12.1 Å². The van der Waals surface area contributed by atoms with Crippen LogP contribution >= 0.6 is 23.2 Å². The van der Waals surface area contributed by atoms with Crippen LogP contribution in [0.15, 0.2) is 36.4 Å². The number of rotatable bonds is 11. The SMILES string of the molecule is CCOc1ccc(C(=O)NCC(=O)NCCCc2ccc(Cl)c(Cl)c2)cc1OCC. The molecule has 6 nitrogen and oxygen atoms in total. The van der Waals surface area contributed by atoms with Crippen molar-refractivity contribution in [1.29, 1.82) is 0 Å². The number of carbonyl (C=O) groups is 2. The molecule has 2 aromatic rings. The van der Waals surface area contributed by atoms with E-state index in [1.165, 1.54) is 0 Å². The molecule has 2 N–H and O–H groups in total. The predicted octanol–water partition coefficient (Wildman–Crippen LogP) is 4.27. The average Bonchev–Trinajstić information content (AvgIpc) is 2.73. The Balaban J connectivity index is 1.76. The molecule has 2 aromatic carbocycles. The van der Waals surface area contributed by atoms with Gasteiger partial charge >= 0.3 is 0 Å². The third kappa shape index (κ3) is 7.43. The molecule has 0 aliphatic carbocycles. The first-order valence-corrected chi connectivity index (χ1v) is 10.6. The minimum atomic E-state index is -0.357. The molecule has 8 heteroatoms. The Morgan fingerprint density at radius 1 is 0.900 bits per heavy atom. The Labute approximate surface area is 186 Å². The van der Waals surface area contributed by atoms with E-state index in [1.807, 2.05) is 26.0 Å². The van der Waals surface area contributed by atoms with Gasteiger partial charge in [0.05, 0.1) is 29.8 Å². The summed E-state index contributed by atoms with van der Waals surface area (Å²) in [6.07, 6.45) is 1.50. The smallest absolute Gasteiger partial charge is 0.251 e. The summed E-state index contributed by atoms with van der Waals surface area (Å²) in [6.45, 7) is 5.07. The number of hydrogen-bond acceptors (Lipinski definition) is 4. The van der Waals surface area contributed by atoms with Crippen LogP contribution in [0.5, 0.6) is 11.5 Å². The van der Waals surface area contributed by atoms with Crippen LogP contribution in [-0.4, -0.2) is 38.1 Å². The Morgan fingerprint density at radius 3 is 2.33 bits per heavy atom. The van der Waals surface area contributed by atoms with Gasteiger partial charge in [-0.15, -0.1) is 0 Å². The summed E-state index contributed by atoms with van der Waals surface area (Å²) in [5.41, 5.74) is 1.45. The number of hydrogen-bond donors (Lipinski definition) is 2. The summed E-state index contributed by atoms with van der Waals surface area (Å²) < 4.78 is 11.0. The van der Waals surface area contributed by atoms with Crippen LogP contribution < -0.4 is 20.1 Å². The van der Waals surface area contributed by atoms with Crippen molar-refractivity contribution >= 4 is 35.0 Å². The fourth-order valence-corrected chi connectivity index (χ4v) is 3.05. The number of aryl methyl sites for hydroxylation is 1. The number of halogens is 2. The molecule has 0 aliphatic heterocycles. The predicted molar refractivity (Wildman–Crippen MR) is 119 cm³/mol. The second kappa shape index (κ2) is 12.3. The summed E-state index contributed by atoms with van der Waals surface area (Å²) in [6, 6.07) is 10.4. The molecular formula is C22H26Cl2N2O4. The van der Waals surface area contributed by atoms with Crippen molar-refractivity contribution in [2.24, 2.45) is 0 Å². The second-order valence-corrected chi connectivity index (χ2v) is 7.23. The lowest BCUT2D eigenvalue weighted by molar-refractivity contribution is -0.120. The van der Waals surface area contributed by atoms with E-state index in [-0.39, 0.29) is 18.4 Å². The lowest BCUT2D eigenvalue weighted by atomic mass is 10.1. The van der Waals surface area contributed by atoms with Gasteiger partial charge in [-0.3, -0.25) is 9.59 Å². The molecule has 2 rings (SSSR count). The molecule has 30 heavy (non-hydrogen) atoms. The van der Waals surface area contributed by atoms with Gasteiger partial charge in [0.1, 0.15) is 0 Å². The molecular weight excluding hydrogens is 427 g/mol. The minimum Gasteiger partial charge on any atom is -0.490 e. The quantitative estimate of drug-likeness (QED) is 0.499. The van der Waals surface area contributed by atoms with Crippen molar-refractivity contribution in [3.63, 3.8) is 0 Å². The van der Waals surface area contributed by atoms with Crippen molar-refractivity contribution < 1.29 is 19.1 Å². The number of ether oxygens (including phenoxy) is 2. The first-order chi connectivity index (χ1) is 14.4. The van der Waals surface area contributed by atoms with Gasteiger partial charge in [0.2, 0.25) is 5.91 Å². The second-order valence-electron chi connectivity index (χ2n) is 6.41. The molecule has 0 aliphatic rings. The van der Waals surface area contributed by atoms with Crippen LogP contribution in [0.2, 0.25) is 10.0 Å². The van der Waals surface area contributed by atoms with Gasteiger partial charge in [-0.25, -0.2) is 0 Å². The summed E-state index contributed by atoms with van der Waals surface area (Å²) in [4.78, 5) is 24.3. The highest BCUT2D eigenvalue weighted by molar-refractivity contribution is 6.42. The van der Waals surface area contributed by atoms with Crippen molar-refractivity contribution in [1.82, 2.24) is 10.6 Å². The van der Waals surface area contributed by atoms with Crippen LogP contribution in [0, 0.1) is 0 Å². The fraction of sp³-hybridized carbons (Fsp3) is 0.364. The van der Waals surface area contributed by atoms with Gasteiger partial charge in [0.15, 0.2) is 11.5 Å². The molecule has 0 heterocycles. The number of carbonyl (C=O) groups excluding carboxylic acids is 2. The first kappa shape index (κ1) is 23.8. The highest BCUT2D eigenvalue weighted by Gasteiger charge is 2.12. The van der Waals surface area contributed by atoms with Crippen LogP contribution in [-0.2, 0) is 11.2 Å². The van der Waals surface area contributed by atoms with Gasteiger partial charge < -0.3 is 20.1 Å². The molecule has 2 amide bonds. The van der Waals surface area contributed by atoms with Gasteiger partial charge in [-0.1, -0.05) is 29.3 Å². The van der Waals surface area contributed by atoms with Crippen molar-refractivity contribution in [3.05, 3.63) is 57.6 Å². The van der Waals surface area contributed by atoms with Crippen molar-refractivity contribution in [2.75, 3.05) is 26.3 Å². The zero-order chi connectivity index (χ0) is 21.9. The molecule has 0 saturated carbocycles. The van der Waals surface area contributed by atoms with Gasteiger partial charge in [0.25, 0.3) is 5.91 Å². The van der Waals surface area contributed by atoms with E-state index in [9.17, 15) is 9.59 Å². The highest BCUT2D eigenvalue weighted by atomic mass is 35.5. The van der Waals surface area contributed by atoms with E-state index in [0.717, 1.165) is 18.4 Å². The third-order valence-corrected chi connectivity index (χ3v) is 4.90. The molecule has 0 radical (unpaired) electrons. The van der Waals surface area contributed by atoms with E-state index in [4.69, 9.17) is 32.7 Å². The lowest BCUT2D eigenvalue weighted by Crippen LogP contribution is -2.37. The first-order valence-electron chi connectivity index (χ1n) is 9.83. The Bertz CT molecular complexity index is 874. The van der Waals surface area contributed by atoms with E-state index >= 15 is 0 Å². The van der Waals surface area contributed by atoms with E-state index < -0.39 is 0 Å². The fourth-order valence-electron chi connectivity index (χ4n) is 2.73. The van der Waals surface area contributed by atoms with Crippen molar-refractivity contribution in [2.45, 2.75) is 26.7 Å². The monoisotopic (exact) mass is 452 g/mol. The topological polar surface area (TPSA) is 76.7 Å². The van der Waals surface area contributed by atoms with Crippen LogP contribution in [0.3, 0.4) is 0 Å². The lowest BCUT2D eigenvalue weighted by Gasteiger charge is -2.12. The van der Waals surface area contributed by atoms with E-state index in [0.29, 0.717) is 46.9 Å². The number of nitrogens with one attached hydrogen (secondary N) is 2. The zero-order valence-electron chi connectivity index (χ0n) is 17.1. The largest absolute Gasteiger partial charge is 0.490 e. The van der Waals surface area contributed by atoms with Crippen LogP contribution in [0.4, 0.5) is 0 Å². The zero-order valence-corrected chi connectivity index (χ0v) is 18.6. The standard InChI is InChI=1S/C22H26Cl2N2O4/c1-3-29-19-10-8-16(13-20(19)30-4-2)22(28)26-14-21(27)25-11-5-6-15-7-9-17(23)18(24)12-15/h7-10,12-13H,3-6,11,14H2,1-2H3,(H,25,27)(H,26,28). The van der Waals surface area contributed by atoms with Crippen molar-refractivity contribution in [3.8, 4) is 11.5 Å². The molecule has 0 atom stereocenters. The summed E-state index contributed by atoms with van der Waals surface area (Å²) in [5.74, 6) is 0.466. The highest BCUT2D eigenvalue weighted by Crippen LogP contribution is 2.28. The van der Waals surface area contributed by atoms with E-state index in [2.05, 4.69) is 10.6 Å². The maximum atomic E-state index is 12.3. The Hall–Kier alpha value is -2.44. The van der Waals surface area contributed by atoms with E-state index in [1.54, 1.807) is 24.3 Å². The summed E-state index contributed by atoms with van der Waals surface area (Å²) in [5, 5.41) is 6.43. The average molecular weight is 453 g/mol. The Morgan fingerprint density at radius 2 is 1.63 bits per heavy atom. The number of benzene rings is 2. The maximum absolute atomic E-state index is 12.3. The van der Waals surface area contributed by atoms with Crippen LogP contribution in [0.1, 0.15) is 36.2 Å². The molecule has 0 saturated heterocycles. The Kier molecular flexibility index (Phi) is 9.77. The van der Waals surface area contributed by atoms with Gasteiger partial charge in [-0.05, 0) is 62.6 Å². The molecule has 0 fully saturated rings. The molecule has 162 valence electrons. The molecule has 0 unspecified atom stereocenters. The molecule has 0 bridgehead atoms. The van der Waals surface area contributed by atoms with Gasteiger partial charge in [-0.2, -0.15) is 0 Å². The maximum Gasteiger partial charge on any atom is 0.251 e. The molecule has 0 spiro atoms. The van der Waals surface area contributed by atoms with Crippen LogP contribution in [0.25, 0.3) is 0 Å². The minimum absolute atomic E-state index is 0.108.